The summed E-state index contributed by atoms with van der Waals surface area (Å²) in [6.07, 6.45) is 5.63. The third kappa shape index (κ3) is 4.46. The second kappa shape index (κ2) is 8.03. The number of anilines is 1. The van der Waals surface area contributed by atoms with Gasteiger partial charge in [0.25, 0.3) is 0 Å². The molecule has 3 nitrogen and oxygen atoms in total. The van der Waals surface area contributed by atoms with Crippen LogP contribution in [0, 0.1) is 0 Å². The summed E-state index contributed by atoms with van der Waals surface area (Å²) in [6, 6.07) is 5.95. The summed E-state index contributed by atoms with van der Waals surface area (Å²) in [5.74, 6) is 0.777. The Hall–Kier alpha value is -1.55. The zero-order chi connectivity index (χ0) is 15.1. The Morgan fingerprint density at radius 3 is 2.76 bits per heavy atom. The van der Waals surface area contributed by atoms with E-state index in [1.165, 1.54) is 17.8 Å². The molecular weight excluding hydrogens is 280 g/mol. The van der Waals surface area contributed by atoms with Gasteiger partial charge >= 0.3 is 0 Å². The molecule has 0 spiro atoms. The maximum absolute atomic E-state index is 6.09. The topological polar surface area (TPSA) is 48.1 Å². The molecule has 0 aliphatic heterocycles. The Balaban J connectivity index is 2.03. The highest BCUT2D eigenvalue weighted by Crippen LogP contribution is 2.29. The van der Waals surface area contributed by atoms with Crippen LogP contribution in [-0.4, -0.2) is 11.6 Å². The number of aromatic nitrogens is 1. The summed E-state index contributed by atoms with van der Waals surface area (Å²) in [7, 11) is 0. The van der Waals surface area contributed by atoms with Crippen LogP contribution in [-0.2, 0) is 6.42 Å². The van der Waals surface area contributed by atoms with Gasteiger partial charge in [-0.25, -0.2) is 4.98 Å². The molecule has 0 aliphatic rings. The van der Waals surface area contributed by atoms with Crippen LogP contribution in [0.2, 0.25) is 0 Å². The number of hydrogen-bond donors (Lipinski definition) is 1. The molecule has 0 bridgehead atoms. The van der Waals surface area contributed by atoms with Crippen molar-refractivity contribution < 1.29 is 4.74 Å². The van der Waals surface area contributed by atoms with Crippen LogP contribution in [0.4, 0.5) is 5.69 Å². The van der Waals surface area contributed by atoms with Crippen molar-refractivity contribution in [2.24, 2.45) is 0 Å². The summed E-state index contributed by atoms with van der Waals surface area (Å²) < 4.78 is 5.73. The molecule has 0 saturated carbocycles. The van der Waals surface area contributed by atoms with Gasteiger partial charge in [-0.15, -0.1) is 11.3 Å². The first-order valence-electron chi connectivity index (χ1n) is 7.71. The molecule has 2 aromatic rings. The quantitative estimate of drug-likeness (QED) is 0.556. The molecule has 4 heteroatoms. The molecule has 1 aromatic carbocycles. The van der Waals surface area contributed by atoms with Crippen molar-refractivity contribution >= 4 is 17.0 Å². The van der Waals surface area contributed by atoms with Gasteiger partial charge in [0.2, 0.25) is 0 Å². The first kappa shape index (κ1) is 15.8. The molecule has 1 heterocycles. The maximum Gasteiger partial charge on any atom is 0.142 e. The minimum absolute atomic E-state index is 0.689. The Morgan fingerprint density at radius 1 is 1.19 bits per heavy atom. The molecule has 0 unspecified atom stereocenters. The number of nitrogen functional groups attached to an aromatic ring is 1. The van der Waals surface area contributed by atoms with Crippen LogP contribution in [0.25, 0.3) is 11.3 Å². The van der Waals surface area contributed by atoms with Gasteiger partial charge in [-0.2, -0.15) is 0 Å². The highest BCUT2D eigenvalue weighted by atomic mass is 32.1. The fraction of sp³-hybridized carbons (Fsp3) is 0.471. The summed E-state index contributed by atoms with van der Waals surface area (Å²) >= 11 is 1.72. The van der Waals surface area contributed by atoms with Gasteiger partial charge < -0.3 is 10.5 Å². The van der Waals surface area contributed by atoms with E-state index in [0.29, 0.717) is 5.69 Å². The Morgan fingerprint density at radius 2 is 2.05 bits per heavy atom. The van der Waals surface area contributed by atoms with Crippen molar-refractivity contribution in [1.29, 1.82) is 0 Å². The number of thiazole rings is 1. The normalized spacial score (nSPS) is 10.8. The summed E-state index contributed by atoms with van der Waals surface area (Å²) in [4.78, 5) is 4.65. The molecule has 0 amide bonds. The molecule has 2 N–H and O–H groups in total. The Bertz CT molecular complexity index is 566. The highest BCUT2D eigenvalue weighted by Gasteiger charge is 2.07. The summed E-state index contributed by atoms with van der Waals surface area (Å²) in [5.41, 5.74) is 8.85. The average molecular weight is 304 g/mol. The van der Waals surface area contributed by atoms with Crippen LogP contribution in [0.15, 0.2) is 23.6 Å². The van der Waals surface area contributed by atoms with Crippen LogP contribution in [0.5, 0.6) is 5.75 Å². The van der Waals surface area contributed by atoms with E-state index in [1.807, 2.05) is 18.2 Å². The predicted molar refractivity (Wildman–Crippen MR) is 91.0 cm³/mol. The number of nitrogens with two attached hydrogens (primary N) is 1. The second-order valence-electron chi connectivity index (χ2n) is 5.18. The fourth-order valence-corrected chi connectivity index (χ4v) is 3.06. The van der Waals surface area contributed by atoms with Crippen LogP contribution < -0.4 is 10.5 Å². The maximum atomic E-state index is 6.09. The van der Waals surface area contributed by atoms with Crippen LogP contribution in [0.1, 0.15) is 44.5 Å². The van der Waals surface area contributed by atoms with E-state index in [0.717, 1.165) is 42.9 Å². The van der Waals surface area contributed by atoms with Gasteiger partial charge in [0.1, 0.15) is 5.75 Å². The Labute approximate surface area is 131 Å². The molecule has 1 aromatic heterocycles. The lowest BCUT2D eigenvalue weighted by atomic mass is 10.1. The number of hydrogen-bond acceptors (Lipinski definition) is 4. The summed E-state index contributed by atoms with van der Waals surface area (Å²) in [5, 5.41) is 3.28. The third-order valence-corrected chi connectivity index (χ3v) is 4.24. The molecular formula is C17H24N2OS. The SMILES string of the molecule is CCCCCOc1ccc(-c2csc(CCC)n2)cc1N. The minimum atomic E-state index is 0.689. The second-order valence-corrected chi connectivity index (χ2v) is 6.13. The number of benzene rings is 1. The van der Waals surface area contributed by atoms with Crippen molar-refractivity contribution in [3.63, 3.8) is 0 Å². The molecule has 114 valence electrons. The lowest BCUT2D eigenvalue weighted by Gasteiger charge is -2.09. The average Bonchev–Trinajstić information content (AvgIpc) is 2.94. The molecule has 2 rings (SSSR count). The smallest absolute Gasteiger partial charge is 0.142 e. The molecule has 0 atom stereocenters. The van der Waals surface area contributed by atoms with E-state index in [2.05, 4.69) is 24.2 Å². The number of ether oxygens (including phenoxy) is 1. The monoisotopic (exact) mass is 304 g/mol. The van der Waals surface area contributed by atoms with Crippen LogP contribution >= 0.6 is 11.3 Å². The van der Waals surface area contributed by atoms with Crippen molar-refractivity contribution in [3.05, 3.63) is 28.6 Å². The lowest BCUT2D eigenvalue weighted by Crippen LogP contribution is -2.00. The number of rotatable bonds is 8. The zero-order valence-electron chi connectivity index (χ0n) is 12.9. The zero-order valence-corrected chi connectivity index (χ0v) is 13.7. The minimum Gasteiger partial charge on any atom is -0.491 e. The van der Waals surface area contributed by atoms with E-state index in [9.17, 15) is 0 Å². The van der Waals surface area contributed by atoms with Crippen molar-refractivity contribution in [2.45, 2.75) is 46.0 Å². The molecule has 0 radical (unpaired) electrons. The van der Waals surface area contributed by atoms with Crippen molar-refractivity contribution in [1.82, 2.24) is 4.98 Å². The van der Waals surface area contributed by atoms with E-state index in [-0.39, 0.29) is 0 Å². The standard InChI is InChI=1S/C17H24N2OS/c1-3-5-6-10-20-16-9-8-13(11-14(16)18)15-12-21-17(19-15)7-4-2/h8-9,11-12H,3-7,10,18H2,1-2H3. The number of nitrogens with zero attached hydrogens (tertiary/aromatic N) is 1. The van der Waals surface area contributed by atoms with Gasteiger partial charge in [0, 0.05) is 10.9 Å². The lowest BCUT2D eigenvalue weighted by molar-refractivity contribution is 0.308. The molecule has 0 aliphatic carbocycles. The van der Waals surface area contributed by atoms with E-state index in [1.54, 1.807) is 11.3 Å². The van der Waals surface area contributed by atoms with Gasteiger partial charge in [-0.05, 0) is 37.5 Å². The third-order valence-electron chi connectivity index (χ3n) is 3.33. The van der Waals surface area contributed by atoms with Crippen molar-refractivity contribution in [3.8, 4) is 17.0 Å². The number of unbranched alkanes of at least 4 members (excludes halogenated alkanes) is 2. The van der Waals surface area contributed by atoms with E-state index < -0.39 is 0 Å². The van der Waals surface area contributed by atoms with E-state index >= 15 is 0 Å². The Kier molecular flexibility index (Phi) is 6.05. The van der Waals surface area contributed by atoms with Crippen LogP contribution in [0.3, 0.4) is 0 Å². The number of aryl methyl sites for hydroxylation is 1. The van der Waals surface area contributed by atoms with E-state index in [4.69, 9.17) is 10.5 Å². The van der Waals surface area contributed by atoms with Gasteiger partial charge in [0.05, 0.1) is 23.0 Å². The molecule has 21 heavy (non-hydrogen) atoms. The first-order chi connectivity index (χ1) is 10.2. The van der Waals surface area contributed by atoms with Gasteiger partial charge in [0.15, 0.2) is 0 Å². The van der Waals surface area contributed by atoms with Crippen molar-refractivity contribution in [2.75, 3.05) is 12.3 Å². The molecule has 0 saturated heterocycles. The molecule has 0 fully saturated rings. The first-order valence-corrected chi connectivity index (χ1v) is 8.59. The van der Waals surface area contributed by atoms with Gasteiger partial charge in [-0.3, -0.25) is 0 Å². The van der Waals surface area contributed by atoms with Gasteiger partial charge in [-0.1, -0.05) is 26.7 Å². The fourth-order valence-electron chi connectivity index (χ4n) is 2.15. The summed E-state index contributed by atoms with van der Waals surface area (Å²) in [6.45, 7) is 5.09. The predicted octanol–water partition coefficient (Wildman–Crippen LogP) is 4.91. The largest absolute Gasteiger partial charge is 0.491 e. The highest BCUT2D eigenvalue weighted by molar-refractivity contribution is 7.09.